The lowest BCUT2D eigenvalue weighted by Gasteiger charge is -2.48. The number of aliphatic hydroxyl groups excluding tert-OH is 11. The molecule has 19 heteroatoms. The van der Waals surface area contributed by atoms with Crippen LogP contribution in [0, 0.1) is 0 Å². The van der Waals surface area contributed by atoms with Crippen LogP contribution in [0.5, 0.6) is 0 Å². The van der Waals surface area contributed by atoms with Gasteiger partial charge < -0.3 is 89.9 Å². The molecule has 0 aromatic heterocycles. The zero-order chi connectivity index (χ0) is 68.2. The molecule has 0 bridgehead atoms. The van der Waals surface area contributed by atoms with Crippen molar-refractivity contribution in [1.29, 1.82) is 0 Å². The van der Waals surface area contributed by atoms with E-state index in [1.54, 1.807) is 6.08 Å². The molecule has 542 valence electrons. The molecule has 12 N–H and O–H groups in total. The number of ether oxygens (including phenoxy) is 6. The fraction of sp³-hybridized carbons (Fsp3) is 0.773. The van der Waals surface area contributed by atoms with E-state index < -0.39 is 124 Å². The van der Waals surface area contributed by atoms with E-state index in [-0.39, 0.29) is 18.9 Å². The number of aliphatic hydroxyl groups is 11. The summed E-state index contributed by atoms with van der Waals surface area (Å²) < 4.78 is 34.3. The molecule has 3 rings (SSSR count). The molecule has 3 aliphatic heterocycles. The first-order chi connectivity index (χ1) is 45.8. The number of nitrogens with one attached hydrogen (secondary N) is 1. The predicted molar refractivity (Wildman–Crippen MR) is 369 cm³/mol. The minimum Gasteiger partial charge on any atom is -0.394 e. The van der Waals surface area contributed by atoms with E-state index >= 15 is 0 Å². The van der Waals surface area contributed by atoms with E-state index in [0.717, 1.165) is 77.0 Å². The molecular weight excluding hydrogens is 1200 g/mol. The normalized spacial score (nSPS) is 27.9. The van der Waals surface area contributed by atoms with Crippen LogP contribution in [0.1, 0.15) is 239 Å². The summed E-state index contributed by atoms with van der Waals surface area (Å²) in [6, 6.07) is -0.998. The molecule has 3 saturated heterocycles. The van der Waals surface area contributed by atoms with Gasteiger partial charge in [0.05, 0.1) is 38.6 Å². The maximum absolute atomic E-state index is 13.4. The summed E-state index contributed by atoms with van der Waals surface area (Å²) in [5.74, 6) is -0.291. The number of unbranched alkanes of at least 4 members (excludes halogenated alkanes) is 25. The highest BCUT2D eigenvalue weighted by Gasteiger charge is 2.53. The Morgan fingerprint density at radius 3 is 1.19 bits per heavy atom. The van der Waals surface area contributed by atoms with Crippen molar-refractivity contribution in [2.45, 2.75) is 343 Å². The number of carbonyl (C=O) groups excluding carboxylic acids is 1. The fourth-order valence-electron chi connectivity index (χ4n) is 11.7. The van der Waals surface area contributed by atoms with Crippen LogP contribution in [0.2, 0.25) is 0 Å². The van der Waals surface area contributed by atoms with E-state index in [4.69, 9.17) is 28.4 Å². The molecule has 0 aromatic rings. The Kier molecular flexibility index (Phi) is 50.2. The van der Waals surface area contributed by atoms with E-state index in [9.17, 15) is 61.0 Å². The molecule has 17 atom stereocenters. The molecule has 0 aromatic carbocycles. The van der Waals surface area contributed by atoms with Gasteiger partial charge in [-0.2, -0.15) is 0 Å². The molecule has 3 heterocycles. The number of carbonyl (C=O) groups is 1. The Morgan fingerprint density at radius 2 is 0.745 bits per heavy atom. The Labute approximate surface area is 564 Å². The van der Waals surface area contributed by atoms with E-state index in [1.807, 2.05) is 6.08 Å². The zero-order valence-corrected chi connectivity index (χ0v) is 57.4. The van der Waals surface area contributed by atoms with Crippen molar-refractivity contribution in [2.75, 3.05) is 26.4 Å². The number of amides is 1. The van der Waals surface area contributed by atoms with Crippen molar-refractivity contribution < 1.29 is 89.4 Å². The van der Waals surface area contributed by atoms with Gasteiger partial charge in [0.1, 0.15) is 73.2 Å². The van der Waals surface area contributed by atoms with Crippen molar-refractivity contribution in [3.63, 3.8) is 0 Å². The third-order valence-corrected chi connectivity index (χ3v) is 17.6. The summed E-state index contributed by atoms with van der Waals surface area (Å²) in [6.45, 7) is 1.53. The molecule has 0 aliphatic carbocycles. The smallest absolute Gasteiger partial charge is 0.220 e. The van der Waals surface area contributed by atoms with Gasteiger partial charge in [-0.3, -0.25) is 4.79 Å². The lowest BCUT2D eigenvalue weighted by molar-refractivity contribution is -0.379. The van der Waals surface area contributed by atoms with Gasteiger partial charge in [-0.15, -0.1) is 0 Å². The minimum atomic E-state index is -1.98. The SMILES string of the molecule is CC/C=C\C/C=C\C/C=C\C/C=C\C/C=C\CCCCCCCCCCCCCCCCCCCCCCCC(=O)NC(COC1OC(CO)C(OC2OC(CO)C(OC3OC(CO)C(O)C(O)C3O)C(O)C2O)C(O)C1O)C(O)/C=C/CC/C=C/CC/C=C/CCCC. The Bertz CT molecular complexity index is 2080. The largest absolute Gasteiger partial charge is 0.394 e. The van der Waals surface area contributed by atoms with Crippen molar-refractivity contribution in [2.24, 2.45) is 0 Å². The molecule has 19 nitrogen and oxygen atoms in total. The zero-order valence-electron chi connectivity index (χ0n) is 57.4. The number of hydrogen-bond donors (Lipinski definition) is 12. The molecule has 17 unspecified atom stereocenters. The van der Waals surface area contributed by atoms with Crippen molar-refractivity contribution in [1.82, 2.24) is 5.32 Å². The number of hydrogen-bond acceptors (Lipinski definition) is 18. The summed E-state index contributed by atoms with van der Waals surface area (Å²) in [7, 11) is 0. The van der Waals surface area contributed by atoms with E-state index in [0.29, 0.717) is 12.8 Å². The molecule has 0 radical (unpaired) electrons. The van der Waals surface area contributed by atoms with Crippen LogP contribution >= 0.6 is 0 Å². The highest BCUT2D eigenvalue weighted by atomic mass is 16.8. The fourth-order valence-corrected chi connectivity index (χ4v) is 11.7. The van der Waals surface area contributed by atoms with Gasteiger partial charge in [0, 0.05) is 6.42 Å². The maximum atomic E-state index is 13.4. The summed E-state index contributed by atoms with van der Waals surface area (Å²) >= 11 is 0. The van der Waals surface area contributed by atoms with Gasteiger partial charge >= 0.3 is 0 Å². The van der Waals surface area contributed by atoms with E-state index in [1.165, 1.54) is 128 Å². The highest BCUT2D eigenvalue weighted by Crippen LogP contribution is 2.33. The van der Waals surface area contributed by atoms with Gasteiger partial charge in [-0.05, 0) is 83.5 Å². The van der Waals surface area contributed by atoms with Gasteiger partial charge in [0.25, 0.3) is 0 Å². The second-order valence-electron chi connectivity index (χ2n) is 25.6. The topological polar surface area (TPSA) is 307 Å². The van der Waals surface area contributed by atoms with Gasteiger partial charge in [-0.25, -0.2) is 0 Å². The van der Waals surface area contributed by atoms with Crippen LogP contribution in [0.25, 0.3) is 0 Å². The van der Waals surface area contributed by atoms with Crippen LogP contribution < -0.4 is 5.32 Å². The van der Waals surface area contributed by atoms with Crippen LogP contribution in [0.15, 0.2) is 97.2 Å². The standard InChI is InChI=1S/C75H129NO18/c1-3-5-7-9-11-13-15-17-18-19-20-21-22-23-24-25-26-27-28-29-30-31-32-33-34-35-36-37-38-39-40-41-43-45-47-49-51-53-63(81)76-58(59(80)52-50-48-46-44-42-16-14-12-10-8-6-4-2)57-89-73-69(87)66(84)71(61(55-78)91-73)94-75-70(88)67(85)72(62(56-79)92-75)93-74-68(86)65(83)64(82)60(54-77)90-74/h5,7,10-13,17-18,20-21,23-24,42,44,50,52,58-62,64-75,77-80,82-88H,3-4,6,8-9,14-16,19,22,25-41,43,45-49,51,53-57H2,1-2H3,(H,76,81)/b7-5-,12-10+,13-11-,18-17-,21-20-,24-23-,44-42+,52-50+. The molecule has 1 amide bonds. The molecule has 0 saturated carbocycles. The molecule has 94 heavy (non-hydrogen) atoms. The minimum absolute atomic E-state index is 0.230. The van der Waals surface area contributed by atoms with Gasteiger partial charge in [-0.1, -0.05) is 246 Å². The number of rotatable bonds is 55. The van der Waals surface area contributed by atoms with Crippen LogP contribution in [0.3, 0.4) is 0 Å². The summed E-state index contributed by atoms with van der Waals surface area (Å²) in [6.07, 6.45) is 47.1. The first-order valence-electron chi connectivity index (χ1n) is 36.5. The quantitative estimate of drug-likeness (QED) is 0.0199. The maximum Gasteiger partial charge on any atom is 0.220 e. The average molecular weight is 1330 g/mol. The van der Waals surface area contributed by atoms with E-state index in [2.05, 4.69) is 104 Å². The molecule has 3 fully saturated rings. The second-order valence-corrected chi connectivity index (χ2v) is 25.6. The summed E-state index contributed by atoms with van der Waals surface area (Å²) in [5, 5.41) is 120. The molecular formula is C75H129NO18. The Balaban J connectivity index is 1.31. The molecule has 0 spiro atoms. The second kappa shape index (κ2) is 55.6. The first-order valence-corrected chi connectivity index (χ1v) is 36.5. The van der Waals surface area contributed by atoms with Crippen LogP contribution in [0.4, 0.5) is 0 Å². The van der Waals surface area contributed by atoms with Crippen molar-refractivity contribution in [3.05, 3.63) is 97.2 Å². The predicted octanol–water partition coefficient (Wildman–Crippen LogP) is 10.4. The summed E-state index contributed by atoms with van der Waals surface area (Å²) in [4.78, 5) is 13.4. The number of allylic oxidation sites excluding steroid dienone is 15. The third-order valence-electron chi connectivity index (χ3n) is 17.6. The lowest BCUT2D eigenvalue weighted by atomic mass is 9.96. The van der Waals surface area contributed by atoms with Gasteiger partial charge in [0.2, 0.25) is 5.91 Å². The Morgan fingerprint density at radius 1 is 0.394 bits per heavy atom. The van der Waals surface area contributed by atoms with Crippen LogP contribution in [-0.4, -0.2) is 193 Å². The summed E-state index contributed by atoms with van der Waals surface area (Å²) in [5.41, 5.74) is 0. The lowest BCUT2D eigenvalue weighted by Crippen LogP contribution is -2.66. The highest BCUT2D eigenvalue weighted by molar-refractivity contribution is 5.76. The molecule has 3 aliphatic rings. The monoisotopic (exact) mass is 1330 g/mol. The first kappa shape index (κ1) is 84.9. The van der Waals surface area contributed by atoms with Crippen molar-refractivity contribution in [3.8, 4) is 0 Å². The Hall–Kier alpha value is -3.29. The van der Waals surface area contributed by atoms with Crippen LogP contribution in [-0.2, 0) is 33.2 Å². The third kappa shape index (κ3) is 36.5. The average Bonchev–Trinajstić information content (AvgIpc) is 0.794. The van der Waals surface area contributed by atoms with Gasteiger partial charge in [0.15, 0.2) is 18.9 Å². The van der Waals surface area contributed by atoms with Crippen molar-refractivity contribution >= 4 is 5.91 Å².